The number of hydrogen-bond acceptors (Lipinski definition) is 4. The first-order valence-electron chi connectivity index (χ1n) is 8.81. The summed E-state index contributed by atoms with van der Waals surface area (Å²) in [6, 6.07) is 16.5. The quantitative estimate of drug-likeness (QED) is 0.486. The van der Waals surface area contributed by atoms with E-state index in [-0.39, 0.29) is 11.8 Å². The predicted molar refractivity (Wildman–Crippen MR) is 114 cm³/mol. The molecule has 3 rings (SSSR count). The molecule has 2 N–H and O–H groups in total. The van der Waals surface area contributed by atoms with Crippen LogP contribution in [0.15, 0.2) is 65.1 Å². The molecule has 0 aliphatic rings. The number of thiophene rings is 1. The first-order chi connectivity index (χ1) is 13.4. The van der Waals surface area contributed by atoms with Crippen molar-refractivity contribution in [1.82, 2.24) is 5.43 Å². The molecule has 0 saturated carbocycles. The molecule has 3 aromatic rings. The molecule has 28 heavy (non-hydrogen) atoms. The molecule has 0 spiro atoms. The second-order valence-electron chi connectivity index (χ2n) is 6.45. The Morgan fingerprint density at radius 2 is 1.61 bits per heavy atom. The molecular formula is C22H21N3O2S. The number of hydrogen-bond donors (Lipinski definition) is 2. The fraction of sp³-hybridized carbons (Fsp3) is 0.136. The predicted octanol–water partition coefficient (Wildman–Crippen LogP) is 4.77. The third-order valence-electron chi connectivity index (χ3n) is 4.40. The lowest BCUT2D eigenvalue weighted by molar-refractivity contribution is 0.0954. The second-order valence-corrected chi connectivity index (χ2v) is 7.39. The average molecular weight is 391 g/mol. The van der Waals surface area contributed by atoms with Crippen LogP contribution in [0.5, 0.6) is 0 Å². The summed E-state index contributed by atoms with van der Waals surface area (Å²) >= 11 is 1.40. The van der Waals surface area contributed by atoms with Crippen LogP contribution in [0.4, 0.5) is 5.69 Å². The molecule has 1 heterocycles. The molecule has 0 radical (unpaired) electrons. The summed E-state index contributed by atoms with van der Waals surface area (Å²) in [5.74, 6) is -0.379. The first kappa shape index (κ1) is 19.5. The van der Waals surface area contributed by atoms with Crippen LogP contribution >= 0.6 is 11.3 Å². The molecule has 0 unspecified atom stereocenters. The molecule has 0 aliphatic heterocycles. The van der Waals surface area contributed by atoms with E-state index < -0.39 is 0 Å². The van der Waals surface area contributed by atoms with Gasteiger partial charge in [-0.3, -0.25) is 9.59 Å². The molecule has 5 nitrogen and oxygen atoms in total. The van der Waals surface area contributed by atoms with Crippen LogP contribution in [-0.4, -0.2) is 17.5 Å². The molecule has 0 aliphatic carbocycles. The van der Waals surface area contributed by atoms with Crippen molar-refractivity contribution in [2.75, 3.05) is 5.32 Å². The Hall–Kier alpha value is -3.25. The summed E-state index contributed by atoms with van der Waals surface area (Å²) in [6.45, 7) is 5.80. The van der Waals surface area contributed by atoms with Gasteiger partial charge in [0.2, 0.25) is 0 Å². The Bertz CT molecular complexity index is 1020. The molecule has 0 atom stereocenters. The number of nitrogens with zero attached hydrogens (tertiary/aromatic N) is 1. The highest BCUT2D eigenvalue weighted by atomic mass is 32.1. The van der Waals surface area contributed by atoms with Crippen molar-refractivity contribution in [3.8, 4) is 0 Å². The smallest absolute Gasteiger partial charge is 0.271 e. The van der Waals surface area contributed by atoms with Crippen molar-refractivity contribution in [3.63, 3.8) is 0 Å². The lowest BCUT2D eigenvalue weighted by atomic mass is 10.1. The van der Waals surface area contributed by atoms with Crippen LogP contribution in [0.2, 0.25) is 0 Å². The number of hydrazone groups is 1. The van der Waals surface area contributed by atoms with Crippen LogP contribution in [0.1, 0.15) is 43.6 Å². The van der Waals surface area contributed by atoms with E-state index in [1.807, 2.05) is 68.6 Å². The van der Waals surface area contributed by atoms with Crippen LogP contribution < -0.4 is 10.7 Å². The highest BCUT2D eigenvalue weighted by Gasteiger charge is 2.08. The number of carbonyl (C=O) groups is 2. The maximum Gasteiger partial charge on any atom is 0.271 e. The number of amides is 2. The molecule has 0 fully saturated rings. The minimum atomic E-state index is -0.248. The van der Waals surface area contributed by atoms with Crippen molar-refractivity contribution in [3.05, 3.63) is 87.1 Å². The third-order valence-corrected chi connectivity index (χ3v) is 5.27. The summed E-state index contributed by atoms with van der Waals surface area (Å²) in [4.78, 5) is 25.0. The number of aryl methyl sites for hydroxylation is 2. The van der Waals surface area contributed by atoms with E-state index in [4.69, 9.17) is 0 Å². The highest BCUT2D eigenvalue weighted by Crippen LogP contribution is 2.15. The SMILES string of the molecule is C/C(=N\NC(=O)c1ccc(C)c(C)c1)c1ccc(NC(=O)c2cccs2)cc1. The van der Waals surface area contributed by atoms with Gasteiger partial charge in [0.25, 0.3) is 11.8 Å². The van der Waals surface area contributed by atoms with E-state index in [2.05, 4.69) is 15.8 Å². The van der Waals surface area contributed by atoms with E-state index in [0.717, 1.165) is 16.7 Å². The second kappa shape index (κ2) is 8.63. The molecule has 0 saturated heterocycles. The Balaban J connectivity index is 1.63. The van der Waals surface area contributed by atoms with Gasteiger partial charge in [0, 0.05) is 11.3 Å². The van der Waals surface area contributed by atoms with Gasteiger partial charge in [0.1, 0.15) is 0 Å². The normalized spacial score (nSPS) is 11.2. The zero-order valence-electron chi connectivity index (χ0n) is 15.9. The third kappa shape index (κ3) is 4.72. The Morgan fingerprint density at radius 3 is 2.25 bits per heavy atom. The van der Waals surface area contributed by atoms with E-state index in [9.17, 15) is 9.59 Å². The standard InChI is InChI=1S/C22H21N3O2S/c1-14-6-7-18(13-15(14)2)21(26)25-24-16(3)17-8-10-19(11-9-17)23-22(27)20-5-4-12-28-20/h4-13H,1-3H3,(H,23,27)(H,25,26)/b24-16+. The Kier molecular flexibility index (Phi) is 6.01. The Labute approximate surface area is 168 Å². The molecule has 2 amide bonds. The summed E-state index contributed by atoms with van der Waals surface area (Å²) in [6.07, 6.45) is 0. The monoisotopic (exact) mass is 391 g/mol. The molecular weight excluding hydrogens is 370 g/mol. The van der Waals surface area contributed by atoms with Gasteiger partial charge in [-0.1, -0.05) is 24.3 Å². The minimum Gasteiger partial charge on any atom is -0.321 e. The van der Waals surface area contributed by atoms with E-state index in [0.29, 0.717) is 21.8 Å². The number of anilines is 1. The van der Waals surface area contributed by atoms with Crippen LogP contribution in [-0.2, 0) is 0 Å². The topological polar surface area (TPSA) is 70.6 Å². The van der Waals surface area contributed by atoms with E-state index in [1.165, 1.54) is 11.3 Å². The summed E-state index contributed by atoms with van der Waals surface area (Å²) in [7, 11) is 0. The van der Waals surface area contributed by atoms with Crippen molar-refractivity contribution in [1.29, 1.82) is 0 Å². The van der Waals surface area contributed by atoms with Gasteiger partial charge in [0.05, 0.1) is 10.6 Å². The maximum atomic E-state index is 12.3. The zero-order chi connectivity index (χ0) is 20.1. The lowest BCUT2D eigenvalue weighted by Crippen LogP contribution is -2.19. The average Bonchev–Trinajstić information content (AvgIpc) is 3.23. The fourth-order valence-corrected chi connectivity index (χ4v) is 3.16. The van der Waals surface area contributed by atoms with Crippen molar-refractivity contribution in [2.24, 2.45) is 5.10 Å². The van der Waals surface area contributed by atoms with E-state index >= 15 is 0 Å². The largest absolute Gasteiger partial charge is 0.321 e. The van der Waals surface area contributed by atoms with Gasteiger partial charge < -0.3 is 5.32 Å². The van der Waals surface area contributed by atoms with Gasteiger partial charge in [-0.2, -0.15) is 5.10 Å². The van der Waals surface area contributed by atoms with Crippen molar-refractivity contribution >= 4 is 34.6 Å². The van der Waals surface area contributed by atoms with Gasteiger partial charge in [-0.05, 0) is 73.2 Å². The van der Waals surface area contributed by atoms with Gasteiger partial charge in [-0.15, -0.1) is 11.3 Å². The van der Waals surface area contributed by atoms with Gasteiger partial charge in [0.15, 0.2) is 0 Å². The molecule has 2 aromatic carbocycles. The van der Waals surface area contributed by atoms with Crippen LogP contribution in [0.25, 0.3) is 0 Å². The molecule has 142 valence electrons. The number of nitrogens with one attached hydrogen (secondary N) is 2. The number of carbonyl (C=O) groups excluding carboxylic acids is 2. The number of benzene rings is 2. The van der Waals surface area contributed by atoms with E-state index in [1.54, 1.807) is 12.1 Å². The maximum absolute atomic E-state index is 12.3. The van der Waals surface area contributed by atoms with Crippen LogP contribution in [0.3, 0.4) is 0 Å². The zero-order valence-corrected chi connectivity index (χ0v) is 16.8. The molecule has 0 bridgehead atoms. The highest BCUT2D eigenvalue weighted by molar-refractivity contribution is 7.12. The lowest BCUT2D eigenvalue weighted by Gasteiger charge is -2.07. The van der Waals surface area contributed by atoms with Crippen molar-refractivity contribution < 1.29 is 9.59 Å². The molecule has 6 heteroatoms. The summed E-state index contributed by atoms with van der Waals surface area (Å²) < 4.78 is 0. The summed E-state index contributed by atoms with van der Waals surface area (Å²) in [5, 5.41) is 8.90. The number of rotatable bonds is 5. The first-order valence-corrected chi connectivity index (χ1v) is 9.69. The molecule has 1 aromatic heterocycles. The van der Waals surface area contributed by atoms with Crippen LogP contribution in [0, 0.1) is 13.8 Å². The Morgan fingerprint density at radius 1 is 0.893 bits per heavy atom. The van der Waals surface area contributed by atoms with Gasteiger partial charge in [-0.25, -0.2) is 5.43 Å². The van der Waals surface area contributed by atoms with Gasteiger partial charge >= 0.3 is 0 Å². The fourth-order valence-electron chi connectivity index (χ4n) is 2.54. The minimum absolute atomic E-state index is 0.131. The van der Waals surface area contributed by atoms with Crippen molar-refractivity contribution in [2.45, 2.75) is 20.8 Å². The summed E-state index contributed by atoms with van der Waals surface area (Å²) in [5.41, 5.74) is 7.60.